The Balaban J connectivity index is 1.24. The van der Waals surface area contributed by atoms with E-state index in [0.717, 1.165) is 55.8 Å². The van der Waals surface area contributed by atoms with Crippen molar-refractivity contribution in [2.75, 3.05) is 19.7 Å². The quantitative estimate of drug-likeness (QED) is 0.341. The van der Waals surface area contributed by atoms with Gasteiger partial charge in [-0.2, -0.15) is 0 Å². The third kappa shape index (κ3) is 5.09. The maximum Gasteiger partial charge on any atom is 0.191 e. The third-order valence-corrected chi connectivity index (χ3v) is 5.26. The summed E-state index contributed by atoms with van der Waals surface area (Å²) in [5, 5.41) is 17.7. The number of aromatic nitrogens is 3. The van der Waals surface area contributed by atoms with Crippen LogP contribution in [0.2, 0.25) is 0 Å². The fourth-order valence-electron chi connectivity index (χ4n) is 3.70. The summed E-state index contributed by atoms with van der Waals surface area (Å²) in [6, 6.07) is 14.5. The van der Waals surface area contributed by atoms with Gasteiger partial charge >= 0.3 is 0 Å². The van der Waals surface area contributed by atoms with Crippen molar-refractivity contribution in [3.8, 4) is 5.75 Å². The number of aliphatic imine (C=N–C) groups is 1. The molecule has 30 heavy (non-hydrogen) atoms. The number of fused-ring (bicyclic) bond motifs is 2. The molecule has 0 saturated carbocycles. The van der Waals surface area contributed by atoms with Gasteiger partial charge in [-0.05, 0) is 49.1 Å². The van der Waals surface area contributed by atoms with Crippen LogP contribution in [0.25, 0.3) is 10.8 Å². The molecule has 2 aromatic carbocycles. The number of guanidine groups is 1. The van der Waals surface area contributed by atoms with Crippen LogP contribution in [0, 0.1) is 0 Å². The predicted molar refractivity (Wildman–Crippen MR) is 120 cm³/mol. The lowest BCUT2D eigenvalue weighted by Crippen LogP contribution is -2.38. The lowest BCUT2D eigenvalue weighted by molar-refractivity contribution is 0.311. The minimum Gasteiger partial charge on any atom is -0.494 e. The standard InChI is InChI=1S/C23H30N6O/c1-2-24-23(26-17-22-28-27-21-10-5-6-14-29(21)22)25-13-7-15-30-20-12-11-18-8-3-4-9-19(18)16-20/h3-4,8-9,11-12,16H,2,5-7,10,13-15,17H2,1H3,(H2,24,25,26). The second kappa shape index (κ2) is 10.1. The lowest BCUT2D eigenvalue weighted by atomic mass is 10.1. The average Bonchev–Trinajstić information content (AvgIpc) is 3.20. The number of nitrogens with zero attached hydrogens (tertiary/aromatic N) is 4. The van der Waals surface area contributed by atoms with E-state index in [-0.39, 0.29) is 0 Å². The predicted octanol–water partition coefficient (Wildman–Crippen LogP) is 3.29. The molecule has 0 atom stereocenters. The van der Waals surface area contributed by atoms with Gasteiger partial charge < -0.3 is 19.9 Å². The van der Waals surface area contributed by atoms with Crippen LogP contribution in [-0.4, -0.2) is 40.4 Å². The Kier molecular flexibility index (Phi) is 6.79. The zero-order valence-electron chi connectivity index (χ0n) is 17.6. The van der Waals surface area contributed by atoms with E-state index in [4.69, 9.17) is 4.74 Å². The minimum absolute atomic E-state index is 0.538. The van der Waals surface area contributed by atoms with Crippen molar-refractivity contribution in [3.63, 3.8) is 0 Å². The van der Waals surface area contributed by atoms with Gasteiger partial charge in [0.1, 0.15) is 18.1 Å². The SMILES string of the molecule is CCNC(=NCc1nnc2n1CCCC2)NCCCOc1ccc2ccccc2c1. The van der Waals surface area contributed by atoms with Crippen molar-refractivity contribution < 1.29 is 4.74 Å². The van der Waals surface area contributed by atoms with Gasteiger partial charge in [-0.25, -0.2) is 4.99 Å². The number of ether oxygens (including phenoxy) is 1. The largest absolute Gasteiger partial charge is 0.494 e. The molecule has 0 spiro atoms. The van der Waals surface area contributed by atoms with Gasteiger partial charge in [-0.3, -0.25) is 0 Å². The molecular formula is C23H30N6O. The minimum atomic E-state index is 0.538. The van der Waals surface area contributed by atoms with Gasteiger partial charge in [0.15, 0.2) is 11.8 Å². The summed E-state index contributed by atoms with van der Waals surface area (Å²) >= 11 is 0. The number of hydrogen-bond acceptors (Lipinski definition) is 4. The van der Waals surface area contributed by atoms with Gasteiger partial charge in [0.2, 0.25) is 0 Å². The summed E-state index contributed by atoms with van der Waals surface area (Å²) in [5.41, 5.74) is 0. The smallest absolute Gasteiger partial charge is 0.191 e. The fourth-order valence-corrected chi connectivity index (χ4v) is 3.70. The molecular weight excluding hydrogens is 376 g/mol. The topological polar surface area (TPSA) is 76.4 Å². The van der Waals surface area contributed by atoms with E-state index in [9.17, 15) is 0 Å². The summed E-state index contributed by atoms with van der Waals surface area (Å²) in [5.74, 6) is 3.75. The van der Waals surface area contributed by atoms with Crippen LogP contribution < -0.4 is 15.4 Å². The Labute approximate surface area is 177 Å². The van der Waals surface area contributed by atoms with Crippen LogP contribution in [0.1, 0.15) is 37.8 Å². The molecule has 0 aliphatic carbocycles. The molecule has 7 heteroatoms. The van der Waals surface area contributed by atoms with E-state index in [1.807, 2.05) is 12.1 Å². The van der Waals surface area contributed by atoms with Crippen LogP contribution in [0.3, 0.4) is 0 Å². The first-order chi connectivity index (χ1) is 14.8. The van der Waals surface area contributed by atoms with E-state index in [1.54, 1.807) is 0 Å². The second-order valence-electron chi connectivity index (χ2n) is 7.47. The van der Waals surface area contributed by atoms with Gasteiger partial charge in [0, 0.05) is 26.1 Å². The molecule has 0 fully saturated rings. The monoisotopic (exact) mass is 406 g/mol. The molecule has 158 valence electrons. The zero-order valence-corrected chi connectivity index (χ0v) is 17.6. The Morgan fingerprint density at radius 2 is 2.00 bits per heavy atom. The molecule has 1 aliphatic rings. The van der Waals surface area contributed by atoms with Crippen molar-refractivity contribution in [2.45, 2.75) is 45.7 Å². The number of rotatable bonds is 8. The molecule has 0 radical (unpaired) electrons. The van der Waals surface area contributed by atoms with Gasteiger partial charge in [0.05, 0.1) is 6.61 Å². The zero-order chi connectivity index (χ0) is 20.6. The summed E-state index contributed by atoms with van der Waals surface area (Å²) in [6.45, 7) is 5.87. The van der Waals surface area contributed by atoms with E-state index in [1.165, 1.54) is 23.6 Å². The van der Waals surface area contributed by atoms with Crippen LogP contribution in [0.4, 0.5) is 0 Å². The lowest BCUT2D eigenvalue weighted by Gasteiger charge is -2.15. The Bertz CT molecular complexity index is 996. The van der Waals surface area contributed by atoms with Crippen LogP contribution in [0.15, 0.2) is 47.5 Å². The average molecular weight is 407 g/mol. The van der Waals surface area contributed by atoms with E-state index < -0.39 is 0 Å². The summed E-state index contributed by atoms with van der Waals surface area (Å²) in [6.07, 6.45) is 4.30. The molecule has 2 heterocycles. The first kappa shape index (κ1) is 20.2. The number of nitrogens with one attached hydrogen (secondary N) is 2. The Morgan fingerprint density at radius 3 is 2.90 bits per heavy atom. The van der Waals surface area contributed by atoms with E-state index >= 15 is 0 Å². The van der Waals surface area contributed by atoms with Gasteiger partial charge in [0.25, 0.3) is 0 Å². The van der Waals surface area contributed by atoms with Crippen molar-refractivity contribution in [1.29, 1.82) is 0 Å². The normalized spacial score (nSPS) is 13.8. The first-order valence-corrected chi connectivity index (χ1v) is 10.9. The first-order valence-electron chi connectivity index (χ1n) is 10.9. The highest BCUT2D eigenvalue weighted by molar-refractivity contribution is 5.83. The van der Waals surface area contributed by atoms with Crippen LogP contribution in [-0.2, 0) is 19.5 Å². The second-order valence-corrected chi connectivity index (χ2v) is 7.47. The van der Waals surface area contributed by atoms with E-state index in [0.29, 0.717) is 13.2 Å². The van der Waals surface area contributed by atoms with E-state index in [2.05, 4.69) is 67.6 Å². The summed E-state index contributed by atoms with van der Waals surface area (Å²) < 4.78 is 8.13. The summed E-state index contributed by atoms with van der Waals surface area (Å²) in [7, 11) is 0. The number of hydrogen-bond donors (Lipinski definition) is 2. The molecule has 0 unspecified atom stereocenters. The molecule has 0 saturated heterocycles. The number of benzene rings is 2. The molecule has 3 aromatic rings. The van der Waals surface area contributed by atoms with Crippen molar-refractivity contribution >= 4 is 16.7 Å². The maximum absolute atomic E-state index is 5.92. The highest BCUT2D eigenvalue weighted by atomic mass is 16.5. The van der Waals surface area contributed by atoms with Crippen LogP contribution in [0.5, 0.6) is 5.75 Å². The Morgan fingerprint density at radius 1 is 1.10 bits per heavy atom. The van der Waals surface area contributed by atoms with Crippen molar-refractivity contribution in [2.24, 2.45) is 4.99 Å². The van der Waals surface area contributed by atoms with Gasteiger partial charge in [-0.15, -0.1) is 10.2 Å². The van der Waals surface area contributed by atoms with Crippen molar-refractivity contribution in [3.05, 3.63) is 54.1 Å². The number of aryl methyl sites for hydroxylation is 1. The Hall–Kier alpha value is -3.09. The fraction of sp³-hybridized carbons (Fsp3) is 0.435. The summed E-state index contributed by atoms with van der Waals surface area (Å²) in [4.78, 5) is 4.68. The van der Waals surface area contributed by atoms with Crippen molar-refractivity contribution in [1.82, 2.24) is 25.4 Å². The molecule has 0 bridgehead atoms. The highest BCUT2D eigenvalue weighted by Gasteiger charge is 2.15. The highest BCUT2D eigenvalue weighted by Crippen LogP contribution is 2.20. The van der Waals surface area contributed by atoms with Crippen LogP contribution >= 0.6 is 0 Å². The maximum atomic E-state index is 5.92. The third-order valence-electron chi connectivity index (χ3n) is 5.26. The molecule has 2 N–H and O–H groups in total. The molecule has 4 rings (SSSR count). The molecule has 7 nitrogen and oxygen atoms in total. The molecule has 0 amide bonds. The van der Waals surface area contributed by atoms with Gasteiger partial charge in [-0.1, -0.05) is 30.3 Å². The molecule has 1 aliphatic heterocycles. The molecule has 1 aromatic heterocycles.